The van der Waals surface area contributed by atoms with Gasteiger partial charge >= 0.3 is 5.97 Å². The van der Waals surface area contributed by atoms with Crippen LogP contribution in [0.15, 0.2) is 52.3 Å². The standard InChI is InChI=1S/C18H10Cl4N2O3S/c1-27-17(26)15-8-16(25)24(14-7-10(20)3-5-12(14)22)18(28-15)23-13-6-9(19)2-4-11(13)21/h2-8H,1H3. The van der Waals surface area contributed by atoms with Crippen LogP contribution in [0, 0.1) is 0 Å². The minimum Gasteiger partial charge on any atom is -0.465 e. The molecule has 3 aromatic rings. The maximum Gasteiger partial charge on any atom is 0.348 e. The van der Waals surface area contributed by atoms with Crippen LogP contribution in [0.2, 0.25) is 20.1 Å². The number of aromatic nitrogens is 1. The van der Waals surface area contributed by atoms with Gasteiger partial charge in [-0.05, 0) is 36.4 Å². The number of ether oxygens (including phenoxy) is 1. The summed E-state index contributed by atoms with van der Waals surface area (Å²) in [5.74, 6) is -0.667. The van der Waals surface area contributed by atoms with E-state index >= 15 is 0 Å². The van der Waals surface area contributed by atoms with Gasteiger partial charge in [-0.2, -0.15) is 0 Å². The average molecular weight is 476 g/mol. The molecule has 0 saturated heterocycles. The number of hydrogen-bond donors (Lipinski definition) is 0. The number of halogens is 4. The van der Waals surface area contributed by atoms with Gasteiger partial charge in [-0.3, -0.25) is 9.36 Å². The smallest absolute Gasteiger partial charge is 0.348 e. The first-order valence-corrected chi connectivity index (χ1v) is 9.93. The third-order valence-corrected chi connectivity index (χ3v) is 5.60. The van der Waals surface area contributed by atoms with Crippen LogP contribution in [-0.4, -0.2) is 17.6 Å². The van der Waals surface area contributed by atoms with E-state index in [9.17, 15) is 9.59 Å². The molecule has 0 aliphatic heterocycles. The van der Waals surface area contributed by atoms with Crippen molar-refractivity contribution in [3.8, 4) is 5.69 Å². The molecular formula is C18H10Cl4N2O3S. The van der Waals surface area contributed by atoms with E-state index in [1.54, 1.807) is 24.3 Å². The fourth-order valence-corrected chi connectivity index (χ4v) is 3.91. The summed E-state index contributed by atoms with van der Waals surface area (Å²) in [5.41, 5.74) is 0.0858. The molecule has 144 valence electrons. The molecule has 0 bridgehead atoms. The van der Waals surface area contributed by atoms with Gasteiger partial charge in [0.2, 0.25) is 0 Å². The average Bonchev–Trinajstić information content (AvgIpc) is 2.66. The van der Waals surface area contributed by atoms with Gasteiger partial charge in [0.05, 0.1) is 28.5 Å². The van der Waals surface area contributed by atoms with Crippen molar-refractivity contribution in [2.75, 3.05) is 7.11 Å². The molecule has 10 heteroatoms. The van der Waals surface area contributed by atoms with Gasteiger partial charge in [0.1, 0.15) is 4.88 Å². The number of benzene rings is 2. The van der Waals surface area contributed by atoms with Crippen LogP contribution in [0.1, 0.15) is 9.67 Å². The Morgan fingerprint density at radius 1 is 1.00 bits per heavy atom. The second-order valence-corrected chi connectivity index (χ2v) is 8.06. The fourth-order valence-electron chi connectivity index (χ4n) is 2.27. The SMILES string of the molecule is COC(=O)c1cc(=O)n(-c2cc(Cl)ccc2Cl)c(=Nc2cc(Cl)ccc2Cl)s1. The van der Waals surface area contributed by atoms with Gasteiger partial charge in [0, 0.05) is 16.1 Å². The minimum absolute atomic E-state index is 0.0683. The zero-order valence-corrected chi connectivity index (χ0v) is 17.9. The van der Waals surface area contributed by atoms with Gasteiger partial charge in [0.25, 0.3) is 5.56 Å². The lowest BCUT2D eigenvalue weighted by Crippen LogP contribution is -2.31. The fraction of sp³-hybridized carbons (Fsp3) is 0.0556. The van der Waals surface area contributed by atoms with Gasteiger partial charge < -0.3 is 4.74 Å². The lowest BCUT2D eigenvalue weighted by molar-refractivity contribution is 0.0606. The van der Waals surface area contributed by atoms with E-state index in [1.165, 1.54) is 23.8 Å². The summed E-state index contributed by atoms with van der Waals surface area (Å²) in [6.07, 6.45) is 0. The van der Waals surface area contributed by atoms with Crippen LogP contribution in [0.5, 0.6) is 0 Å². The van der Waals surface area contributed by atoms with Gasteiger partial charge in [-0.25, -0.2) is 9.79 Å². The Balaban J connectivity index is 2.41. The first-order valence-electron chi connectivity index (χ1n) is 7.61. The van der Waals surface area contributed by atoms with Crippen molar-refractivity contribution < 1.29 is 9.53 Å². The summed E-state index contributed by atoms with van der Waals surface area (Å²) in [4.78, 5) is 29.4. The highest BCUT2D eigenvalue weighted by molar-refractivity contribution is 7.11. The van der Waals surface area contributed by atoms with Crippen molar-refractivity contribution in [1.29, 1.82) is 0 Å². The summed E-state index contributed by atoms with van der Waals surface area (Å²) in [6.45, 7) is 0. The van der Waals surface area contributed by atoms with E-state index in [4.69, 9.17) is 51.1 Å². The summed E-state index contributed by atoms with van der Waals surface area (Å²) in [6, 6.07) is 10.5. The first-order chi connectivity index (χ1) is 13.3. The molecule has 0 fully saturated rings. The zero-order chi connectivity index (χ0) is 20.4. The second kappa shape index (κ2) is 8.68. The molecule has 0 unspecified atom stereocenters. The zero-order valence-electron chi connectivity index (χ0n) is 14.1. The lowest BCUT2D eigenvalue weighted by atomic mass is 10.3. The van der Waals surface area contributed by atoms with Crippen molar-refractivity contribution >= 4 is 69.4 Å². The summed E-state index contributed by atoms with van der Waals surface area (Å²) < 4.78 is 5.95. The van der Waals surface area contributed by atoms with E-state index in [1.807, 2.05) is 0 Å². The summed E-state index contributed by atoms with van der Waals surface area (Å²) in [5, 5.41) is 1.38. The molecule has 1 heterocycles. The summed E-state index contributed by atoms with van der Waals surface area (Å²) in [7, 11) is 1.22. The maximum absolute atomic E-state index is 12.8. The van der Waals surface area contributed by atoms with Gasteiger partial charge in [0.15, 0.2) is 4.80 Å². The number of carbonyl (C=O) groups is 1. The van der Waals surface area contributed by atoms with Crippen LogP contribution in [0.3, 0.4) is 0 Å². The topological polar surface area (TPSA) is 60.7 Å². The predicted octanol–water partition coefficient (Wildman–Crippen LogP) is 5.53. The number of hydrogen-bond acceptors (Lipinski definition) is 5. The van der Waals surface area contributed by atoms with E-state index in [0.717, 1.165) is 17.4 Å². The molecule has 0 atom stereocenters. The third-order valence-electron chi connectivity index (χ3n) is 3.53. The molecule has 0 amide bonds. The molecule has 0 saturated carbocycles. The Morgan fingerprint density at radius 2 is 1.64 bits per heavy atom. The van der Waals surface area contributed by atoms with Crippen molar-refractivity contribution in [3.05, 3.63) is 82.6 Å². The highest BCUT2D eigenvalue weighted by atomic mass is 35.5. The Labute approximate surface area is 183 Å². The van der Waals surface area contributed by atoms with Crippen LogP contribution >= 0.6 is 57.7 Å². The molecule has 0 aliphatic rings. The van der Waals surface area contributed by atoms with E-state index in [0.29, 0.717) is 26.4 Å². The Bertz CT molecular complexity index is 1200. The minimum atomic E-state index is -0.667. The van der Waals surface area contributed by atoms with Gasteiger partial charge in [-0.15, -0.1) is 0 Å². The maximum atomic E-state index is 12.8. The molecule has 2 aromatic carbocycles. The Morgan fingerprint density at radius 3 is 2.32 bits per heavy atom. The molecule has 0 spiro atoms. The quantitative estimate of drug-likeness (QED) is 0.467. The molecular weight excluding hydrogens is 466 g/mol. The normalized spacial score (nSPS) is 11.5. The number of methoxy groups -OCH3 is 1. The van der Waals surface area contributed by atoms with E-state index < -0.39 is 11.5 Å². The van der Waals surface area contributed by atoms with Crippen molar-refractivity contribution in [2.24, 2.45) is 4.99 Å². The van der Waals surface area contributed by atoms with Crippen molar-refractivity contribution in [2.45, 2.75) is 0 Å². The second-order valence-electron chi connectivity index (χ2n) is 5.36. The highest BCUT2D eigenvalue weighted by Crippen LogP contribution is 2.28. The Kier molecular flexibility index (Phi) is 6.47. The van der Waals surface area contributed by atoms with Crippen molar-refractivity contribution in [1.82, 2.24) is 4.57 Å². The van der Waals surface area contributed by atoms with Crippen molar-refractivity contribution in [3.63, 3.8) is 0 Å². The molecule has 5 nitrogen and oxygen atoms in total. The molecule has 0 N–H and O–H groups in total. The molecule has 0 aliphatic carbocycles. The van der Waals surface area contributed by atoms with Gasteiger partial charge in [-0.1, -0.05) is 57.7 Å². The molecule has 0 radical (unpaired) electrons. The van der Waals surface area contributed by atoms with E-state index in [-0.39, 0.29) is 14.7 Å². The summed E-state index contributed by atoms with van der Waals surface area (Å²) >= 11 is 25.5. The van der Waals surface area contributed by atoms with Crippen LogP contribution < -0.4 is 10.4 Å². The monoisotopic (exact) mass is 474 g/mol. The third kappa shape index (κ3) is 4.42. The Hall–Kier alpha value is -1.83. The molecule has 3 rings (SSSR count). The number of esters is 1. The van der Waals surface area contributed by atoms with Crippen LogP contribution in [-0.2, 0) is 4.74 Å². The van der Waals surface area contributed by atoms with Crippen LogP contribution in [0.25, 0.3) is 5.69 Å². The number of carbonyl (C=O) groups excluding carboxylic acids is 1. The predicted molar refractivity (Wildman–Crippen MR) is 113 cm³/mol. The molecule has 28 heavy (non-hydrogen) atoms. The highest BCUT2D eigenvalue weighted by Gasteiger charge is 2.15. The number of nitrogens with zero attached hydrogens (tertiary/aromatic N) is 2. The largest absolute Gasteiger partial charge is 0.465 e. The lowest BCUT2D eigenvalue weighted by Gasteiger charge is -2.10. The van der Waals surface area contributed by atoms with Crippen LogP contribution in [0.4, 0.5) is 5.69 Å². The first kappa shape index (κ1) is 20.9. The van der Waals surface area contributed by atoms with E-state index in [2.05, 4.69) is 4.99 Å². The number of rotatable bonds is 3. The molecule has 1 aromatic heterocycles.